The molecule has 158 valence electrons. The zero-order valence-corrected chi connectivity index (χ0v) is 17.8. The van der Waals surface area contributed by atoms with E-state index in [-0.39, 0.29) is 12.5 Å². The van der Waals surface area contributed by atoms with Crippen molar-refractivity contribution in [2.75, 3.05) is 5.32 Å². The van der Waals surface area contributed by atoms with Gasteiger partial charge in [0.25, 0.3) is 0 Å². The van der Waals surface area contributed by atoms with Crippen LogP contribution in [0.3, 0.4) is 0 Å². The Hall–Kier alpha value is -3.60. The highest BCUT2D eigenvalue weighted by Gasteiger charge is 2.35. The summed E-state index contributed by atoms with van der Waals surface area (Å²) in [7, 11) is 0. The summed E-state index contributed by atoms with van der Waals surface area (Å²) >= 11 is 0. The van der Waals surface area contributed by atoms with Crippen molar-refractivity contribution in [3.05, 3.63) is 101 Å². The number of carbonyl (C=O) groups excluding carboxylic acids is 2. The SMILES string of the molecule is Cc1cccc(NC(=O)[C@H]2Cc3ccccc3CN2C(=O)OCc2ccccc2)c1C. The molecule has 0 saturated carbocycles. The minimum atomic E-state index is -0.641. The van der Waals surface area contributed by atoms with Gasteiger partial charge in [0.15, 0.2) is 0 Å². The van der Waals surface area contributed by atoms with Crippen molar-refractivity contribution in [3.63, 3.8) is 0 Å². The Morgan fingerprint density at radius 1 is 0.935 bits per heavy atom. The zero-order valence-electron chi connectivity index (χ0n) is 17.8. The number of ether oxygens (including phenoxy) is 1. The van der Waals surface area contributed by atoms with Gasteiger partial charge in [-0.2, -0.15) is 0 Å². The average molecular weight is 415 g/mol. The molecule has 1 N–H and O–H groups in total. The molecule has 1 aliphatic heterocycles. The smallest absolute Gasteiger partial charge is 0.411 e. The predicted octanol–water partition coefficient (Wildman–Crippen LogP) is 5.01. The number of hydrogen-bond donors (Lipinski definition) is 1. The largest absolute Gasteiger partial charge is 0.445 e. The zero-order chi connectivity index (χ0) is 21.8. The first-order chi connectivity index (χ1) is 15.0. The first-order valence-electron chi connectivity index (χ1n) is 10.4. The van der Waals surface area contributed by atoms with E-state index in [9.17, 15) is 9.59 Å². The lowest BCUT2D eigenvalue weighted by molar-refractivity contribution is -0.121. The maximum Gasteiger partial charge on any atom is 0.411 e. The highest BCUT2D eigenvalue weighted by Crippen LogP contribution is 2.26. The summed E-state index contributed by atoms with van der Waals surface area (Å²) in [4.78, 5) is 27.8. The van der Waals surface area contributed by atoms with Crippen molar-refractivity contribution < 1.29 is 14.3 Å². The number of fused-ring (bicyclic) bond motifs is 1. The van der Waals surface area contributed by atoms with Crippen LogP contribution in [0.1, 0.15) is 27.8 Å². The molecule has 0 fully saturated rings. The van der Waals surface area contributed by atoms with E-state index in [1.807, 2.05) is 86.6 Å². The van der Waals surface area contributed by atoms with E-state index >= 15 is 0 Å². The van der Waals surface area contributed by atoms with Gasteiger partial charge in [-0.1, -0.05) is 66.7 Å². The van der Waals surface area contributed by atoms with Crippen molar-refractivity contribution in [2.24, 2.45) is 0 Å². The Kier molecular flexibility index (Phi) is 6.03. The van der Waals surface area contributed by atoms with Gasteiger partial charge >= 0.3 is 6.09 Å². The standard InChI is InChI=1S/C26H26N2O3/c1-18-9-8-14-23(19(18)2)27-25(29)24-15-21-12-6-7-13-22(21)16-28(24)26(30)31-17-20-10-4-3-5-11-20/h3-14,24H,15-17H2,1-2H3,(H,27,29)/t24-/m1/s1. The summed E-state index contributed by atoms with van der Waals surface area (Å²) in [6.45, 7) is 4.50. The molecule has 0 aliphatic carbocycles. The summed E-state index contributed by atoms with van der Waals surface area (Å²) in [5, 5.41) is 3.02. The van der Waals surface area contributed by atoms with E-state index in [1.54, 1.807) is 0 Å². The number of anilines is 1. The van der Waals surface area contributed by atoms with E-state index in [1.165, 1.54) is 4.90 Å². The molecule has 4 rings (SSSR count). The quantitative estimate of drug-likeness (QED) is 0.653. The third kappa shape index (κ3) is 4.61. The monoisotopic (exact) mass is 414 g/mol. The number of carbonyl (C=O) groups is 2. The number of nitrogens with zero attached hydrogens (tertiary/aromatic N) is 1. The van der Waals surface area contributed by atoms with Crippen molar-refractivity contribution in [1.82, 2.24) is 4.90 Å². The van der Waals surface area contributed by atoms with Crippen LogP contribution < -0.4 is 5.32 Å². The summed E-state index contributed by atoms with van der Waals surface area (Å²) in [5.74, 6) is -0.208. The van der Waals surface area contributed by atoms with Gasteiger partial charge in [0.1, 0.15) is 12.6 Å². The molecule has 1 atom stereocenters. The maximum atomic E-state index is 13.3. The van der Waals surface area contributed by atoms with E-state index in [4.69, 9.17) is 4.74 Å². The van der Waals surface area contributed by atoms with Crippen LogP contribution in [0.5, 0.6) is 0 Å². The van der Waals surface area contributed by atoms with Gasteiger partial charge < -0.3 is 10.1 Å². The minimum absolute atomic E-state index is 0.170. The number of rotatable bonds is 4. The summed E-state index contributed by atoms with van der Waals surface area (Å²) < 4.78 is 5.56. The molecule has 1 heterocycles. The Morgan fingerprint density at radius 3 is 2.42 bits per heavy atom. The molecular formula is C26H26N2O3. The molecular weight excluding hydrogens is 388 g/mol. The molecule has 5 nitrogen and oxygen atoms in total. The molecule has 0 aromatic heterocycles. The van der Waals surface area contributed by atoms with Gasteiger partial charge in [-0.15, -0.1) is 0 Å². The van der Waals surface area contributed by atoms with Gasteiger partial charge in [0.05, 0.1) is 6.54 Å². The highest BCUT2D eigenvalue weighted by molar-refractivity contribution is 5.97. The van der Waals surface area contributed by atoms with Gasteiger partial charge in [0, 0.05) is 12.1 Å². The molecule has 1 aliphatic rings. The molecule has 31 heavy (non-hydrogen) atoms. The lowest BCUT2D eigenvalue weighted by Crippen LogP contribution is -2.50. The Bertz CT molecular complexity index is 1090. The van der Waals surface area contributed by atoms with Crippen LogP contribution >= 0.6 is 0 Å². The van der Waals surface area contributed by atoms with E-state index in [0.717, 1.165) is 33.5 Å². The fourth-order valence-electron chi connectivity index (χ4n) is 3.85. The number of aryl methyl sites for hydroxylation is 1. The summed E-state index contributed by atoms with van der Waals surface area (Å²) in [6, 6.07) is 22.6. The fraction of sp³-hybridized carbons (Fsp3) is 0.231. The second-order valence-electron chi connectivity index (χ2n) is 7.89. The average Bonchev–Trinajstić information content (AvgIpc) is 2.80. The Morgan fingerprint density at radius 2 is 1.65 bits per heavy atom. The van der Waals surface area contributed by atoms with Crippen LogP contribution in [-0.2, 0) is 29.1 Å². The van der Waals surface area contributed by atoms with Crippen molar-refractivity contribution in [3.8, 4) is 0 Å². The molecule has 0 unspecified atom stereocenters. The third-order valence-corrected chi connectivity index (χ3v) is 5.85. The Balaban J connectivity index is 1.55. The molecule has 0 bridgehead atoms. The molecule has 5 heteroatoms. The van der Waals surface area contributed by atoms with E-state index < -0.39 is 12.1 Å². The van der Waals surface area contributed by atoms with Crippen molar-refractivity contribution in [2.45, 2.75) is 39.5 Å². The summed E-state index contributed by atoms with van der Waals surface area (Å²) in [6.07, 6.45) is -0.0349. The molecule has 3 aromatic carbocycles. The third-order valence-electron chi connectivity index (χ3n) is 5.85. The van der Waals surface area contributed by atoms with Gasteiger partial charge in [0.2, 0.25) is 5.91 Å². The highest BCUT2D eigenvalue weighted by atomic mass is 16.6. The first-order valence-corrected chi connectivity index (χ1v) is 10.4. The molecule has 0 saturated heterocycles. The summed E-state index contributed by atoms with van der Waals surface area (Å²) in [5.41, 5.74) is 5.91. The van der Waals surface area contributed by atoms with Gasteiger partial charge in [-0.3, -0.25) is 9.69 Å². The van der Waals surface area contributed by atoms with E-state index in [0.29, 0.717) is 13.0 Å². The van der Waals surface area contributed by atoms with Crippen LogP contribution in [0.15, 0.2) is 72.8 Å². The van der Waals surface area contributed by atoms with Crippen molar-refractivity contribution in [1.29, 1.82) is 0 Å². The van der Waals surface area contributed by atoms with Crippen LogP contribution in [0.25, 0.3) is 0 Å². The molecule has 0 radical (unpaired) electrons. The number of amides is 2. The van der Waals surface area contributed by atoms with Gasteiger partial charge in [-0.25, -0.2) is 4.79 Å². The van der Waals surface area contributed by atoms with Crippen LogP contribution in [-0.4, -0.2) is 22.9 Å². The lowest BCUT2D eigenvalue weighted by Gasteiger charge is -2.35. The maximum absolute atomic E-state index is 13.3. The van der Waals surface area contributed by atoms with Crippen molar-refractivity contribution >= 4 is 17.7 Å². The molecule has 2 amide bonds. The van der Waals surface area contributed by atoms with Gasteiger partial charge in [-0.05, 0) is 47.7 Å². The topological polar surface area (TPSA) is 58.6 Å². The molecule has 3 aromatic rings. The molecule has 0 spiro atoms. The predicted molar refractivity (Wildman–Crippen MR) is 121 cm³/mol. The second kappa shape index (κ2) is 9.04. The number of benzene rings is 3. The fourth-order valence-corrected chi connectivity index (χ4v) is 3.85. The lowest BCUT2D eigenvalue weighted by atomic mass is 9.93. The van der Waals surface area contributed by atoms with E-state index in [2.05, 4.69) is 5.32 Å². The van der Waals surface area contributed by atoms with Crippen LogP contribution in [0, 0.1) is 13.8 Å². The normalized spacial score (nSPS) is 15.2. The number of nitrogens with one attached hydrogen (secondary N) is 1. The Labute approximate surface area is 182 Å². The number of hydrogen-bond acceptors (Lipinski definition) is 3. The minimum Gasteiger partial charge on any atom is -0.445 e. The van der Waals surface area contributed by atoms with Crippen LogP contribution in [0.2, 0.25) is 0 Å². The first kappa shape index (κ1) is 20.7. The van der Waals surface area contributed by atoms with Crippen LogP contribution in [0.4, 0.5) is 10.5 Å². The second-order valence-corrected chi connectivity index (χ2v) is 7.89.